The number of hydrogen-bond donors (Lipinski definition) is 2. The molecule has 86 valence electrons. The normalized spacial score (nSPS) is 10.2. The molecule has 4 nitrogen and oxygen atoms in total. The van der Waals surface area contributed by atoms with Crippen LogP contribution in [0.3, 0.4) is 0 Å². The number of nitrogens with zero attached hydrogens (tertiary/aromatic N) is 3. The molecule has 17 heavy (non-hydrogen) atoms. The number of aryl methyl sites for hydroxylation is 2. The Bertz CT molecular complexity index is 622. The van der Waals surface area contributed by atoms with Gasteiger partial charge in [0.1, 0.15) is 5.69 Å². The molecule has 0 saturated carbocycles. The van der Waals surface area contributed by atoms with Crippen molar-refractivity contribution < 1.29 is 0 Å². The molecular formula is C12H12N4S. The predicted octanol–water partition coefficient (Wildman–Crippen LogP) is 2.37. The van der Waals surface area contributed by atoms with E-state index >= 15 is 0 Å². The highest BCUT2D eigenvalue weighted by Gasteiger charge is 2.14. The molecule has 2 rings (SSSR count). The van der Waals surface area contributed by atoms with Crippen molar-refractivity contribution in [1.29, 1.82) is 5.26 Å². The van der Waals surface area contributed by atoms with Crippen molar-refractivity contribution in [2.24, 2.45) is 0 Å². The minimum absolute atomic E-state index is 0.268. The van der Waals surface area contributed by atoms with Crippen molar-refractivity contribution in [2.75, 3.05) is 5.73 Å². The predicted molar refractivity (Wildman–Crippen MR) is 69.8 cm³/mol. The second-order valence-electron chi connectivity index (χ2n) is 3.89. The van der Waals surface area contributed by atoms with Gasteiger partial charge in [0.2, 0.25) is 6.19 Å². The number of anilines is 1. The van der Waals surface area contributed by atoms with Crippen molar-refractivity contribution in [3.8, 4) is 17.5 Å². The highest BCUT2D eigenvalue weighted by atomic mass is 32.1. The van der Waals surface area contributed by atoms with Gasteiger partial charge in [-0.05, 0) is 31.0 Å². The van der Waals surface area contributed by atoms with Gasteiger partial charge < -0.3 is 5.73 Å². The van der Waals surface area contributed by atoms with Crippen LogP contribution in [-0.4, -0.2) is 9.78 Å². The number of hydrogen-bond acceptors (Lipinski definition) is 4. The number of nitriles is 1. The van der Waals surface area contributed by atoms with Gasteiger partial charge in [0.05, 0.1) is 4.90 Å². The number of rotatable bonds is 1. The number of aromatic nitrogens is 2. The van der Waals surface area contributed by atoms with E-state index in [9.17, 15) is 0 Å². The molecule has 0 spiro atoms. The molecule has 0 aliphatic carbocycles. The lowest BCUT2D eigenvalue weighted by molar-refractivity contribution is 0.912. The van der Waals surface area contributed by atoms with Gasteiger partial charge in [-0.15, -0.1) is 17.3 Å². The van der Waals surface area contributed by atoms with Crippen LogP contribution >= 0.6 is 12.6 Å². The zero-order valence-corrected chi connectivity index (χ0v) is 10.5. The molecule has 1 heterocycles. The SMILES string of the molecule is Cc1ccc(-c2nn(C#N)c(N)c2S)cc1C. The molecule has 0 unspecified atom stereocenters. The second-order valence-corrected chi connectivity index (χ2v) is 4.34. The summed E-state index contributed by atoms with van der Waals surface area (Å²) in [5, 5.41) is 13.0. The van der Waals surface area contributed by atoms with E-state index < -0.39 is 0 Å². The third-order valence-electron chi connectivity index (χ3n) is 2.77. The number of thiol groups is 1. The van der Waals surface area contributed by atoms with Crippen LogP contribution in [0, 0.1) is 25.3 Å². The van der Waals surface area contributed by atoms with E-state index in [1.165, 1.54) is 11.1 Å². The standard InChI is InChI=1S/C12H12N4S/c1-7-3-4-9(5-8(7)2)10-11(17)12(14)16(6-13)15-10/h3-5,17H,14H2,1-2H3. The Kier molecular flexibility index (Phi) is 2.82. The lowest BCUT2D eigenvalue weighted by Crippen LogP contribution is -1.97. The van der Waals surface area contributed by atoms with Gasteiger partial charge in [-0.25, -0.2) is 0 Å². The second kappa shape index (κ2) is 4.15. The maximum atomic E-state index is 8.84. The average molecular weight is 244 g/mol. The molecule has 0 aliphatic heterocycles. The first-order valence-corrected chi connectivity index (χ1v) is 5.54. The topological polar surface area (TPSA) is 67.6 Å². The third kappa shape index (κ3) is 1.87. The molecule has 0 aliphatic rings. The number of nitrogen functional groups attached to an aromatic ring is 1. The fourth-order valence-electron chi connectivity index (χ4n) is 1.58. The summed E-state index contributed by atoms with van der Waals surface area (Å²) in [4.78, 5) is 0.537. The fraction of sp³-hybridized carbons (Fsp3) is 0.167. The molecule has 1 aromatic carbocycles. The first-order chi connectivity index (χ1) is 8.04. The van der Waals surface area contributed by atoms with Crippen LogP contribution in [0.5, 0.6) is 0 Å². The lowest BCUT2D eigenvalue weighted by Gasteiger charge is -2.03. The van der Waals surface area contributed by atoms with Gasteiger partial charge in [0.25, 0.3) is 0 Å². The van der Waals surface area contributed by atoms with Gasteiger partial charge in [-0.2, -0.15) is 10.4 Å². The maximum absolute atomic E-state index is 8.84. The first kappa shape index (κ1) is 11.6. The van der Waals surface area contributed by atoms with Crippen molar-refractivity contribution in [3.63, 3.8) is 0 Å². The summed E-state index contributed by atoms with van der Waals surface area (Å²) in [6, 6.07) is 5.98. The monoisotopic (exact) mass is 244 g/mol. The van der Waals surface area contributed by atoms with Crippen molar-refractivity contribution in [3.05, 3.63) is 29.3 Å². The van der Waals surface area contributed by atoms with Gasteiger partial charge in [0.15, 0.2) is 5.82 Å². The summed E-state index contributed by atoms with van der Waals surface area (Å²) in [7, 11) is 0. The molecule has 0 amide bonds. The minimum atomic E-state index is 0.268. The third-order valence-corrected chi connectivity index (χ3v) is 3.21. The van der Waals surface area contributed by atoms with E-state index in [-0.39, 0.29) is 5.82 Å². The summed E-state index contributed by atoms with van der Waals surface area (Å²) in [6.45, 7) is 4.07. The van der Waals surface area contributed by atoms with Crippen LogP contribution in [0.1, 0.15) is 11.1 Å². The molecule has 0 bridgehead atoms. The van der Waals surface area contributed by atoms with Gasteiger partial charge in [-0.3, -0.25) is 0 Å². The molecule has 0 atom stereocenters. The Morgan fingerprint density at radius 1 is 1.35 bits per heavy atom. The summed E-state index contributed by atoms with van der Waals surface area (Å²) >= 11 is 4.30. The van der Waals surface area contributed by atoms with E-state index in [1.54, 1.807) is 0 Å². The molecular weight excluding hydrogens is 232 g/mol. The van der Waals surface area contributed by atoms with Crippen molar-refractivity contribution >= 4 is 18.4 Å². The zero-order chi connectivity index (χ0) is 12.6. The molecule has 0 radical (unpaired) electrons. The van der Waals surface area contributed by atoms with Crippen LogP contribution in [0.15, 0.2) is 23.1 Å². The molecule has 5 heteroatoms. The maximum Gasteiger partial charge on any atom is 0.208 e. The van der Waals surface area contributed by atoms with E-state index in [4.69, 9.17) is 11.0 Å². The highest BCUT2D eigenvalue weighted by Crippen LogP contribution is 2.30. The Hall–Kier alpha value is -1.93. The number of nitrogens with two attached hydrogens (primary N) is 1. The van der Waals surface area contributed by atoms with Gasteiger partial charge in [0, 0.05) is 5.56 Å². The highest BCUT2D eigenvalue weighted by molar-refractivity contribution is 7.80. The van der Waals surface area contributed by atoms with Crippen LogP contribution in [-0.2, 0) is 0 Å². The molecule has 2 N–H and O–H groups in total. The van der Waals surface area contributed by atoms with Crippen molar-refractivity contribution in [2.45, 2.75) is 18.7 Å². The Balaban J connectivity index is 2.61. The Morgan fingerprint density at radius 3 is 2.59 bits per heavy atom. The molecule has 0 saturated heterocycles. The van der Waals surface area contributed by atoms with Crippen LogP contribution in [0.25, 0.3) is 11.3 Å². The van der Waals surface area contributed by atoms with Crippen molar-refractivity contribution in [1.82, 2.24) is 9.78 Å². The smallest absolute Gasteiger partial charge is 0.208 e. The largest absolute Gasteiger partial charge is 0.382 e. The van der Waals surface area contributed by atoms with E-state index in [0.29, 0.717) is 10.6 Å². The Morgan fingerprint density at radius 2 is 2.06 bits per heavy atom. The lowest BCUT2D eigenvalue weighted by atomic mass is 10.0. The summed E-state index contributed by atoms with van der Waals surface area (Å²) in [5.74, 6) is 0.268. The average Bonchev–Trinajstić information content (AvgIpc) is 2.60. The summed E-state index contributed by atoms with van der Waals surface area (Å²) in [6.07, 6.45) is 1.88. The van der Waals surface area contributed by atoms with Crippen LogP contribution < -0.4 is 5.73 Å². The summed E-state index contributed by atoms with van der Waals surface area (Å²) < 4.78 is 1.08. The number of benzene rings is 1. The van der Waals surface area contributed by atoms with E-state index in [2.05, 4.69) is 17.7 Å². The fourth-order valence-corrected chi connectivity index (χ4v) is 1.85. The van der Waals surface area contributed by atoms with Crippen LogP contribution in [0.2, 0.25) is 0 Å². The van der Waals surface area contributed by atoms with E-state index in [1.807, 2.05) is 38.2 Å². The quantitative estimate of drug-likeness (QED) is 0.757. The molecule has 1 aromatic heterocycles. The van der Waals surface area contributed by atoms with Gasteiger partial charge in [-0.1, -0.05) is 12.1 Å². The summed E-state index contributed by atoms with van der Waals surface area (Å²) in [5.41, 5.74) is 9.65. The Labute approximate surface area is 105 Å². The zero-order valence-electron chi connectivity index (χ0n) is 9.60. The van der Waals surface area contributed by atoms with Crippen LogP contribution in [0.4, 0.5) is 5.82 Å². The first-order valence-electron chi connectivity index (χ1n) is 5.09. The van der Waals surface area contributed by atoms with Gasteiger partial charge >= 0.3 is 0 Å². The van der Waals surface area contributed by atoms with E-state index in [0.717, 1.165) is 10.2 Å². The minimum Gasteiger partial charge on any atom is -0.382 e. The molecule has 0 fully saturated rings. The molecule has 2 aromatic rings.